The van der Waals surface area contributed by atoms with Crippen molar-refractivity contribution in [1.29, 1.82) is 0 Å². The van der Waals surface area contributed by atoms with E-state index < -0.39 is 17.7 Å². The molecule has 19 heavy (non-hydrogen) atoms. The van der Waals surface area contributed by atoms with Gasteiger partial charge in [-0.2, -0.15) is 0 Å². The first kappa shape index (κ1) is 17.8. The van der Waals surface area contributed by atoms with Crippen molar-refractivity contribution in [3.63, 3.8) is 0 Å². The van der Waals surface area contributed by atoms with Gasteiger partial charge in [-0.15, -0.1) is 10.2 Å². The van der Waals surface area contributed by atoms with Gasteiger partial charge >= 0.3 is 35.7 Å². The van der Waals surface area contributed by atoms with Crippen LogP contribution in [0.3, 0.4) is 0 Å². The molecule has 0 aliphatic heterocycles. The second-order valence-corrected chi connectivity index (χ2v) is 4.60. The van der Waals surface area contributed by atoms with Crippen LogP contribution in [0.2, 0.25) is 0 Å². The summed E-state index contributed by atoms with van der Waals surface area (Å²) < 4.78 is 5.12. The summed E-state index contributed by atoms with van der Waals surface area (Å²) in [6, 6.07) is 2.56. The Morgan fingerprint density at radius 1 is 1.26 bits per heavy atom. The normalized spacial score (nSPS) is 10.3. The minimum atomic E-state index is -1.42. The fourth-order valence-electron chi connectivity index (χ4n) is 1.04. The van der Waals surface area contributed by atoms with Gasteiger partial charge in [-0.05, 0) is 32.9 Å². The van der Waals surface area contributed by atoms with E-state index in [0.29, 0.717) is 0 Å². The fraction of sp³-hybridized carbons (Fsp3) is 0.455. The molecule has 1 rings (SSSR count). The number of hydrogen-bond acceptors (Lipinski definition) is 6. The summed E-state index contributed by atoms with van der Waals surface area (Å²) >= 11 is 0. The summed E-state index contributed by atoms with van der Waals surface area (Å²) in [5.74, 6) is -1.23. The number of carboxylic acid groups (broad SMARTS) is 1. The number of aromatic nitrogens is 2. The smallest absolute Gasteiger partial charge is 0.543 e. The number of anilines is 1. The second-order valence-electron chi connectivity index (χ2n) is 4.60. The molecule has 0 bridgehead atoms. The van der Waals surface area contributed by atoms with Crippen molar-refractivity contribution < 1.29 is 49.0 Å². The Morgan fingerprint density at radius 3 is 2.21 bits per heavy atom. The molecule has 0 aliphatic carbocycles. The molecule has 0 fully saturated rings. The summed E-state index contributed by atoms with van der Waals surface area (Å²) in [5.41, 5.74) is -0.916. The number of aromatic carboxylic acids is 1. The molecular weight excluding hydrogens is 261 g/mol. The third-order valence-corrected chi connectivity index (χ3v) is 1.87. The molecule has 0 N–H and O–H groups in total. The number of amides is 1. The molecular formula is C11H14N3NaO4. The predicted octanol–water partition coefficient (Wildman–Crippen LogP) is -2.78. The van der Waals surface area contributed by atoms with Gasteiger partial charge in [-0.1, -0.05) is 0 Å². The fourth-order valence-corrected chi connectivity index (χ4v) is 1.04. The van der Waals surface area contributed by atoms with Gasteiger partial charge in [0.15, 0.2) is 5.82 Å². The predicted molar refractivity (Wildman–Crippen MR) is 61.0 cm³/mol. The molecule has 8 heteroatoms. The van der Waals surface area contributed by atoms with Crippen molar-refractivity contribution in [2.24, 2.45) is 0 Å². The Kier molecular flexibility index (Phi) is 6.41. The summed E-state index contributed by atoms with van der Waals surface area (Å²) in [7, 11) is 1.46. The molecule has 98 valence electrons. The maximum absolute atomic E-state index is 11.7. The molecule has 0 saturated heterocycles. The molecule has 0 aliphatic rings. The van der Waals surface area contributed by atoms with E-state index in [2.05, 4.69) is 10.2 Å². The molecule has 0 saturated carbocycles. The number of rotatable bonds is 2. The van der Waals surface area contributed by atoms with Crippen LogP contribution < -0.4 is 39.6 Å². The number of carbonyl (C=O) groups excluding carboxylic acids is 2. The van der Waals surface area contributed by atoms with Crippen LogP contribution in [0, 0.1) is 0 Å². The largest absolute Gasteiger partial charge is 1.00 e. The van der Waals surface area contributed by atoms with Crippen LogP contribution in [0.5, 0.6) is 0 Å². The maximum Gasteiger partial charge on any atom is 1.00 e. The van der Waals surface area contributed by atoms with E-state index in [1.165, 1.54) is 19.2 Å². The van der Waals surface area contributed by atoms with Gasteiger partial charge in [-0.3, -0.25) is 4.90 Å². The van der Waals surface area contributed by atoms with Gasteiger partial charge < -0.3 is 14.6 Å². The van der Waals surface area contributed by atoms with E-state index >= 15 is 0 Å². The third kappa shape index (κ3) is 5.54. The van der Waals surface area contributed by atoms with Crippen molar-refractivity contribution >= 4 is 17.9 Å². The van der Waals surface area contributed by atoms with E-state index in [0.717, 1.165) is 4.90 Å². The molecule has 0 atom stereocenters. The second kappa shape index (κ2) is 6.83. The third-order valence-electron chi connectivity index (χ3n) is 1.87. The van der Waals surface area contributed by atoms with E-state index in [1.54, 1.807) is 20.8 Å². The number of carboxylic acids is 1. The Labute approximate surface area is 133 Å². The van der Waals surface area contributed by atoms with Crippen molar-refractivity contribution in [1.82, 2.24) is 10.2 Å². The number of ether oxygens (including phenoxy) is 1. The van der Waals surface area contributed by atoms with Crippen LogP contribution in [0.25, 0.3) is 0 Å². The molecule has 0 aromatic carbocycles. The van der Waals surface area contributed by atoms with E-state index in [4.69, 9.17) is 4.74 Å². The maximum atomic E-state index is 11.7. The van der Waals surface area contributed by atoms with Crippen molar-refractivity contribution in [3.8, 4) is 0 Å². The molecule has 1 aromatic rings. The summed E-state index contributed by atoms with van der Waals surface area (Å²) in [6.45, 7) is 5.22. The van der Waals surface area contributed by atoms with Gasteiger partial charge in [0.05, 0.1) is 5.97 Å². The molecule has 0 radical (unpaired) electrons. The number of carbonyl (C=O) groups is 2. The van der Waals surface area contributed by atoms with Crippen molar-refractivity contribution in [2.75, 3.05) is 11.9 Å². The number of nitrogens with zero attached hydrogens (tertiary/aromatic N) is 3. The van der Waals surface area contributed by atoms with Crippen molar-refractivity contribution in [3.05, 3.63) is 17.8 Å². The minimum absolute atomic E-state index is 0. The van der Waals surface area contributed by atoms with Crippen LogP contribution in [-0.2, 0) is 4.74 Å². The van der Waals surface area contributed by atoms with E-state index in [1.807, 2.05) is 0 Å². The van der Waals surface area contributed by atoms with Gasteiger partial charge in [0.2, 0.25) is 0 Å². The first-order valence-corrected chi connectivity index (χ1v) is 5.22. The van der Waals surface area contributed by atoms with Crippen LogP contribution in [0.15, 0.2) is 12.1 Å². The molecule has 0 spiro atoms. The summed E-state index contributed by atoms with van der Waals surface area (Å²) in [4.78, 5) is 23.3. The van der Waals surface area contributed by atoms with Gasteiger partial charge in [0.1, 0.15) is 11.3 Å². The Bertz CT molecular complexity index is 456. The summed E-state index contributed by atoms with van der Waals surface area (Å²) in [6.07, 6.45) is -0.599. The molecule has 7 nitrogen and oxygen atoms in total. The summed E-state index contributed by atoms with van der Waals surface area (Å²) in [5, 5.41) is 17.5. The Hall–Kier alpha value is -1.18. The SMILES string of the molecule is CN(C(=O)OC(C)(C)C)c1ccc(C(=O)[O-])nn1.[Na+]. The van der Waals surface area contributed by atoms with E-state index in [-0.39, 0.29) is 41.1 Å². The van der Waals surface area contributed by atoms with Crippen LogP contribution >= 0.6 is 0 Å². The Balaban J connectivity index is 0.00000324. The van der Waals surface area contributed by atoms with Crippen LogP contribution in [0.1, 0.15) is 31.3 Å². The minimum Gasteiger partial charge on any atom is -0.543 e. The number of hydrogen-bond donors (Lipinski definition) is 0. The molecule has 0 unspecified atom stereocenters. The van der Waals surface area contributed by atoms with Gasteiger partial charge in [0.25, 0.3) is 0 Å². The monoisotopic (exact) mass is 275 g/mol. The topological polar surface area (TPSA) is 95.5 Å². The van der Waals surface area contributed by atoms with Crippen LogP contribution in [-0.4, -0.2) is 34.9 Å². The van der Waals surface area contributed by atoms with Gasteiger partial charge in [-0.25, -0.2) is 4.79 Å². The standard InChI is InChI=1S/C11H15N3O4.Na/c1-11(2,3)18-10(17)14(4)8-6-5-7(9(15)16)12-13-8;/h5-6H,1-4H3,(H,15,16);/q;+1/p-1. The zero-order chi connectivity index (χ0) is 13.9. The average molecular weight is 275 g/mol. The van der Waals surface area contributed by atoms with Crippen LogP contribution in [0.4, 0.5) is 10.6 Å². The molecule has 1 amide bonds. The first-order valence-electron chi connectivity index (χ1n) is 5.22. The first-order chi connectivity index (χ1) is 8.20. The van der Waals surface area contributed by atoms with E-state index in [9.17, 15) is 14.7 Å². The van der Waals surface area contributed by atoms with Crippen molar-refractivity contribution in [2.45, 2.75) is 26.4 Å². The molecule has 1 aromatic heterocycles. The Morgan fingerprint density at radius 2 is 1.84 bits per heavy atom. The average Bonchev–Trinajstić information content (AvgIpc) is 2.26. The quantitative estimate of drug-likeness (QED) is 0.542. The van der Waals surface area contributed by atoms with Gasteiger partial charge in [0, 0.05) is 7.05 Å². The zero-order valence-corrected chi connectivity index (χ0v) is 13.6. The zero-order valence-electron chi connectivity index (χ0n) is 11.6. The molecule has 1 heterocycles.